The van der Waals surface area contributed by atoms with E-state index < -0.39 is 272 Å². The number of hydrogen-bond donors (Lipinski definition) is 20. The summed E-state index contributed by atoms with van der Waals surface area (Å²) in [6, 6.07) is 11.2. The van der Waals surface area contributed by atoms with Crippen molar-refractivity contribution in [2.75, 3.05) is 20.2 Å². The molecule has 0 spiro atoms. The lowest BCUT2D eigenvalue weighted by Crippen LogP contribution is -2.65. The molecule has 0 aromatic heterocycles. The van der Waals surface area contributed by atoms with Gasteiger partial charge >= 0.3 is 11.9 Å². The molecule has 0 saturated carbocycles. The van der Waals surface area contributed by atoms with Crippen molar-refractivity contribution in [1.82, 2.24) is 42.5 Å². The van der Waals surface area contributed by atoms with E-state index in [0.29, 0.717) is 10.6 Å². The Kier molecular flexibility index (Phi) is 29.0. The minimum Gasteiger partial charge on any atom is -0.512 e. The number of carboxylic acid groups (broad SMARTS) is 2. The van der Waals surface area contributed by atoms with E-state index in [2.05, 4.69) is 49.1 Å². The topological polar surface area (TPSA) is 563 Å². The van der Waals surface area contributed by atoms with Gasteiger partial charge in [-0.15, -0.1) is 0 Å². The van der Waals surface area contributed by atoms with E-state index in [1.165, 1.54) is 27.0 Å². The molecule has 0 radical (unpaired) electrons. The van der Waals surface area contributed by atoms with Gasteiger partial charge in [0.05, 0.1) is 59.8 Å². The van der Waals surface area contributed by atoms with Crippen LogP contribution >= 0.6 is 34.8 Å². The predicted molar refractivity (Wildman–Crippen MR) is 433 cm³/mol. The van der Waals surface area contributed by atoms with E-state index in [9.17, 15) is 80.1 Å². The maximum Gasteiger partial charge on any atom is 0.334 e. The van der Waals surface area contributed by atoms with E-state index in [-0.39, 0.29) is 36.5 Å². The zero-order valence-electron chi connectivity index (χ0n) is 66.2. The molecule has 122 heavy (non-hydrogen) atoms. The fraction of sp³-hybridized carbons (Fsp3) is 0.386. The Hall–Kier alpha value is -11.0. The molecule has 2 fully saturated rings. The average molecular weight is 1750 g/mol. The number of hydrogen-bond acceptors (Lipinski definition) is 27. The summed E-state index contributed by atoms with van der Waals surface area (Å²) in [4.78, 5) is 131. The third-order valence-electron chi connectivity index (χ3n) is 21.1. The number of carbonyl (C=O) groups excluding carboxylic acids is 7. The third kappa shape index (κ3) is 21.2. The van der Waals surface area contributed by atoms with Crippen molar-refractivity contribution < 1.29 is 132 Å². The first-order valence-electron chi connectivity index (χ1n) is 38.3. The molecule has 7 aliphatic heterocycles. The van der Waals surface area contributed by atoms with E-state index in [1.54, 1.807) is 38.1 Å². The number of primary amides is 1. The smallest absolute Gasteiger partial charge is 0.334 e. The van der Waals surface area contributed by atoms with Crippen molar-refractivity contribution in [3.63, 3.8) is 0 Å². The SMILES string of the molecule is C=C(O)C=C1/C(=C(\C)O)c2cc(ccc2O)C2NC(=O)[C@@H]3NC(=O)[C@H](CC(N)=O)NC(=O)C(NC(=O)[C@@H](CC(C)C)NC)[C@H](O)c4ccc(c(Cl)c4)Oc4cc3cc(c4OC3OC(O)(CO)CC(O)C3OC3CC(C)(NCC(OCc4ccc(-c5ccc(Cl)cc5)cc4)C(=O)O)C(O)C(C)O3)Oc3ccc(cc3Cl)[C@@H](O)[C@H](NC2=O)C(=O)N[C@H]1C(=O)O. The average Bonchev–Trinajstić information content (AvgIpc) is 0.766. The highest BCUT2D eigenvalue weighted by atomic mass is 35.5. The Morgan fingerprint density at radius 1 is 0.721 bits per heavy atom. The van der Waals surface area contributed by atoms with Crippen LogP contribution in [0.25, 0.3) is 16.7 Å². The van der Waals surface area contributed by atoms with Crippen LogP contribution in [-0.4, -0.2) is 214 Å². The second kappa shape index (κ2) is 38.6. The second-order valence-electron chi connectivity index (χ2n) is 30.6. The van der Waals surface area contributed by atoms with Crippen LogP contribution in [0.5, 0.6) is 34.5 Å². The molecule has 6 aromatic carbocycles. The minimum atomic E-state index is -2.74. The number of ether oxygens (including phenoxy) is 7. The third-order valence-corrected chi connectivity index (χ3v) is 21.9. The fourth-order valence-corrected chi connectivity index (χ4v) is 15.3. The van der Waals surface area contributed by atoms with Crippen molar-refractivity contribution in [1.29, 1.82) is 0 Å². The van der Waals surface area contributed by atoms with Crippen LogP contribution in [0.2, 0.25) is 15.1 Å². The Bertz CT molecular complexity index is 5080. The molecule has 6 aromatic rings. The van der Waals surface area contributed by atoms with Crippen molar-refractivity contribution in [2.45, 2.75) is 176 Å². The van der Waals surface area contributed by atoms with Crippen LogP contribution in [0.3, 0.4) is 0 Å². The number of phenolic OH excluding ortho intramolecular Hbond substituents is 1. The van der Waals surface area contributed by atoms with Gasteiger partial charge < -0.3 is 138 Å². The molecule has 11 bridgehead atoms. The van der Waals surface area contributed by atoms with E-state index in [4.69, 9.17) is 73.7 Å². The van der Waals surface area contributed by atoms with Gasteiger partial charge in [0.2, 0.25) is 53.4 Å². The summed E-state index contributed by atoms with van der Waals surface area (Å²) >= 11 is 20.4. The molecule has 11 unspecified atom stereocenters. The van der Waals surface area contributed by atoms with Crippen molar-refractivity contribution in [2.24, 2.45) is 11.7 Å². The molecule has 13 rings (SSSR count). The number of amides is 7. The number of nitrogens with one attached hydrogen (secondary N) is 8. The van der Waals surface area contributed by atoms with Gasteiger partial charge in [0.25, 0.3) is 0 Å². The maximum atomic E-state index is 16.3. The maximum absolute atomic E-state index is 16.3. The van der Waals surface area contributed by atoms with Gasteiger partial charge in [-0.3, -0.25) is 33.6 Å². The number of fused-ring (bicyclic) bond motifs is 13. The number of carbonyl (C=O) groups is 9. The summed E-state index contributed by atoms with van der Waals surface area (Å²) in [7, 11) is 1.46. The molecule has 7 heterocycles. The first kappa shape index (κ1) is 91.7. The van der Waals surface area contributed by atoms with E-state index in [1.807, 2.05) is 24.3 Å². The van der Waals surface area contributed by atoms with Crippen LogP contribution in [0.15, 0.2) is 145 Å². The van der Waals surface area contributed by atoms with Crippen LogP contribution in [0.1, 0.15) is 118 Å². The van der Waals surface area contributed by atoms with Gasteiger partial charge in [-0.2, -0.15) is 0 Å². The van der Waals surface area contributed by atoms with Gasteiger partial charge in [-0.05, 0) is 146 Å². The van der Waals surface area contributed by atoms with Crippen LogP contribution in [-0.2, 0) is 68.7 Å². The number of rotatable bonds is 22. The molecular formula is C83H92Cl3N9O27. The summed E-state index contributed by atoms with van der Waals surface area (Å²) in [6.07, 6.45) is -17.7. The van der Waals surface area contributed by atoms with Crippen molar-refractivity contribution in [3.05, 3.63) is 193 Å². The first-order valence-corrected chi connectivity index (χ1v) is 39.4. The molecule has 36 nitrogen and oxygen atoms in total. The zero-order chi connectivity index (χ0) is 88.8. The van der Waals surface area contributed by atoms with Gasteiger partial charge in [0.15, 0.2) is 35.7 Å². The molecule has 0 aliphatic carbocycles. The Morgan fingerprint density at radius 3 is 1.88 bits per heavy atom. The lowest BCUT2D eigenvalue weighted by Gasteiger charge is -2.48. The fourth-order valence-electron chi connectivity index (χ4n) is 14.7. The Balaban J connectivity index is 1.08. The largest absolute Gasteiger partial charge is 0.512 e. The number of aromatic hydroxyl groups is 1. The number of aliphatic hydroxyl groups excluding tert-OH is 7. The molecule has 21 N–H and O–H groups in total. The summed E-state index contributed by atoms with van der Waals surface area (Å²) < 4.78 is 45.0. The summed E-state index contributed by atoms with van der Waals surface area (Å²) in [5.74, 6) is -20.9. The first-order chi connectivity index (χ1) is 57.6. The molecule has 7 amide bonds. The number of carboxylic acids is 2. The van der Waals surface area contributed by atoms with Crippen molar-refractivity contribution in [3.8, 4) is 45.6 Å². The number of allylic oxidation sites excluding steroid dienone is 2. The van der Waals surface area contributed by atoms with Crippen molar-refractivity contribution >= 4 is 93.7 Å². The number of aliphatic hydroxyl groups is 8. The molecule has 2 saturated heterocycles. The molecule has 652 valence electrons. The van der Waals surface area contributed by atoms with Gasteiger partial charge in [-0.1, -0.05) is 110 Å². The van der Waals surface area contributed by atoms with Crippen LogP contribution < -0.4 is 62.5 Å². The molecule has 39 heteroatoms. The predicted octanol–water partition coefficient (Wildman–Crippen LogP) is 4.61. The normalized spacial score (nSPS) is 27.6. The lowest BCUT2D eigenvalue weighted by molar-refractivity contribution is -0.374. The number of benzene rings is 6. The standard InChI is InChI=1S/C83H92Cl3N9O27/c1-35(2)22-51(88-7)73(105)94-66-68(102)43-15-20-55(49(85)25-43)118-57-27-45-28-58(71(57)121-81-70(54(100)30-83(115,34-96)122-81)120-61-31-82(6,72(104)38(5)117-61)89-32-59(79(111)112)116-33-39-8-10-40(11-9-39)41-12-17-46(84)18-13-41)119-56-21-16-44(26-50(56)86)69(103)67-78(110)93-65(80(113)114)48(23-36(3)97)62(37(4)98)47-24-42(14-19-53(47)99)63(75(107)95-67)92-76(108)64(45)91-74(106)52(29-60(87)101)90-77(66)109/h8-21,23-28,35,38,51-52,54,59,61,63-70,72,81,88-89,96-100,102-104,115H,3,22,29-34H2,1-2,4-7H3,(H2,87,101)(H,90,109)(H,91,106)(H,92,108)(H,93,110)(H,94,105)(H,95,107)(H,111,112)(H,113,114)/b48-23?,62-37+/t38?,51-,52+,54?,59?,61?,63?,64-,65-,66?,67+,68-,69-,70?,72?,81?,82?,83?/m1/s1. The molecule has 18 atom stereocenters. The monoisotopic (exact) mass is 1750 g/mol. The summed E-state index contributed by atoms with van der Waals surface area (Å²) in [5.41, 5.74) is 3.32. The highest BCUT2D eigenvalue weighted by Crippen LogP contribution is 2.50. The van der Waals surface area contributed by atoms with Gasteiger partial charge in [-0.25, -0.2) is 9.59 Å². The molecular weight excluding hydrogens is 1660 g/mol. The number of phenols is 1. The van der Waals surface area contributed by atoms with Gasteiger partial charge in [0, 0.05) is 46.7 Å². The quantitative estimate of drug-likeness (QED) is 0.0412. The Labute approximate surface area is 711 Å². The summed E-state index contributed by atoms with van der Waals surface area (Å²) in [6.45, 7) is 9.22. The molecule has 7 aliphatic rings. The minimum absolute atomic E-state index is 0.128. The van der Waals surface area contributed by atoms with E-state index in [0.717, 1.165) is 84.8 Å². The lowest BCUT2D eigenvalue weighted by atomic mass is 9.84. The van der Waals surface area contributed by atoms with Crippen LogP contribution in [0, 0.1) is 5.92 Å². The highest BCUT2D eigenvalue weighted by molar-refractivity contribution is 6.32. The highest BCUT2D eigenvalue weighted by Gasteiger charge is 2.53. The van der Waals surface area contributed by atoms with Gasteiger partial charge in [0.1, 0.15) is 71.5 Å². The van der Waals surface area contributed by atoms with Crippen LogP contribution in [0.4, 0.5) is 0 Å². The number of aliphatic carboxylic acids is 2. The number of likely N-dealkylation sites (N-methyl/N-ethyl adjacent to an activating group) is 1. The number of nitrogens with two attached hydrogens (primary N) is 1. The Morgan fingerprint density at radius 2 is 1.31 bits per heavy atom. The second-order valence-corrected chi connectivity index (χ2v) is 31.9. The van der Waals surface area contributed by atoms with E-state index >= 15 is 19.2 Å². The zero-order valence-corrected chi connectivity index (χ0v) is 68.4. The summed E-state index contributed by atoms with van der Waals surface area (Å²) in [5, 5.41) is 147. The number of halogens is 3.